The summed E-state index contributed by atoms with van der Waals surface area (Å²) in [7, 11) is -1.14. The van der Waals surface area contributed by atoms with Crippen molar-refractivity contribution in [1.82, 2.24) is 14.8 Å². The van der Waals surface area contributed by atoms with Gasteiger partial charge in [0.15, 0.2) is 0 Å². The van der Waals surface area contributed by atoms with Gasteiger partial charge in [-0.1, -0.05) is 23.2 Å². The van der Waals surface area contributed by atoms with Crippen LogP contribution >= 0.6 is 23.2 Å². The van der Waals surface area contributed by atoms with Crippen LogP contribution in [0.4, 0.5) is 0 Å². The average molecular weight is 304 g/mol. The lowest BCUT2D eigenvalue weighted by molar-refractivity contribution is 0.614. The molecule has 0 amide bonds. The van der Waals surface area contributed by atoms with E-state index in [9.17, 15) is 4.21 Å². The Morgan fingerprint density at radius 3 is 2.56 bits per heavy atom. The number of hydrogen-bond acceptors (Lipinski definition) is 3. The molecule has 0 bridgehead atoms. The first-order chi connectivity index (χ1) is 8.56. The third kappa shape index (κ3) is 3.31. The maximum atomic E-state index is 11.4. The van der Waals surface area contributed by atoms with E-state index in [4.69, 9.17) is 23.2 Å². The van der Waals surface area contributed by atoms with E-state index >= 15 is 0 Å². The van der Waals surface area contributed by atoms with Crippen LogP contribution < -0.4 is 0 Å². The summed E-state index contributed by atoms with van der Waals surface area (Å²) in [5, 5.41) is 9.28. The normalized spacial score (nSPS) is 12.6. The predicted molar refractivity (Wildman–Crippen MR) is 72.5 cm³/mol. The van der Waals surface area contributed by atoms with E-state index in [1.807, 2.05) is 12.1 Å². The highest BCUT2D eigenvalue weighted by atomic mass is 35.5. The molecule has 7 heteroatoms. The van der Waals surface area contributed by atoms with Crippen LogP contribution in [0, 0.1) is 0 Å². The summed E-state index contributed by atoms with van der Waals surface area (Å²) in [4.78, 5) is 0. The van der Waals surface area contributed by atoms with Crippen LogP contribution in [-0.2, 0) is 23.8 Å². The Kier molecular flexibility index (Phi) is 4.37. The van der Waals surface area contributed by atoms with Crippen LogP contribution in [0.5, 0.6) is 0 Å². The molecule has 0 radical (unpaired) electrons. The number of halogens is 2. The minimum absolute atomic E-state index is 0.475. The summed E-state index contributed by atoms with van der Waals surface area (Å²) in [6, 6.07) is 5.42. The first kappa shape index (κ1) is 13.5. The van der Waals surface area contributed by atoms with Gasteiger partial charge in [0.05, 0.1) is 10.8 Å². The third-order valence-electron chi connectivity index (χ3n) is 2.40. The summed E-state index contributed by atoms with van der Waals surface area (Å²) < 4.78 is 13.2. The summed E-state index contributed by atoms with van der Waals surface area (Å²) in [6.07, 6.45) is 3.88. The Bertz CT molecular complexity index is 565. The van der Waals surface area contributed by atoms with Crippen molar-refractivity contribution in [2.75, 3.05) is 6.26 Å². The first-order valence-electron chi connectivity index (χ1n) is 5.22. The van der Waals surface area contributed by atoms with Crippen LogP contribution in [-0.4, -0.2) is 25.2 Å². The van der Waals surface area contributed by atoms with Crippen molar-refractivity contribution < 1.29 is 4.21 Å². The largest absolute Gasteiger partial charge is 0.306 e. The van der Waals surface area contributed by atoms with Crippen molar-refractivity contribution in [2.45, 2.75) is 18.1 Å². The minimum Gasteiger partial charge on any atom is -0.306 e. The molecule has 2 aromatic rings. The molecule has 2 rings (SSSR count). The van der Waals surface area contributed by atoms with E-state index in [0.29, 0.717) is 21.7 Å². The van der Waals surface area contributed by atoms with Crippen molar-refractivity contribution in [3.8, 4) is 0 Å². The highest BCUT2D eigenvalue weighted by Crippen LogP contribution is 2.19. The fourth-order valence-electron chi connectivity index (χ4n) is 1.63. The van der Waals surface area contributed by atoms with Gasteiger partial charge in [-0.25, -0.2) is 0 Å². The molecule has 96 valence electrons. The summed E-state index contributed by atoms with van der Waals surface area (Å²) in [5.41, 5.74) is 1.02. The van der Waals surface area contributed by atoms with E-state index in [2.05, 4.69) is 10.2 Å². The van der Waals surface area contributed by atoms with Crippen molar-refractivity contribution >= 4 is 34.0 Å². The molecule has 1 unspecified atom stereocenters. The van der Waals surface area contributed by atoms with Gasteiger partial charge < -0.3 is 4.57 Å². The van der Waals surface area contributed by atoms with Crippen molar-refractivity contribution in [3.63, 3.8) is 0 Å². The summed E-state index contributed by atoms with van der Waals surface area (Å²) in [5.74, 6) is 0. The lowest BCUT2D eigenvalue weighted by atomic mass is 10.1. The molecule has 0 saturated carbocycles. The van der Waals surface area contributed by atoms with Gasteiger partial charge in [-0.05, 0) is 30.2 Å². The summed E-state index contributed by atoms with van der Waals surface area (Å²) in [6.45, 7) is 0.637. The van der Waals surface area contributed by atoms with Gasteiger partial charge in [0.2, 0.25) is 5.16 Å². The predicted octanol–water partition coefficient (Wildman–Crippen LogP) is 2.57. The van der Waals surface area contributed by atoms with Gasteiger partial charge in [-0.2, -0.15) is 0 Å². The van der Waals surface area contributed by atoms with Gasteiger partial charge >= 0.3 is 0 Å². The van der Waals surface area contributed by atoms with Crippen LogP contribution in [0.2, 0.25) is 10.0 Å². The van der Waals surface area contributed by atoms with Crippen molar-refractivity contribution in [2.24, 2.45) is 0 Å². The molecule has 1 aromatic carbocycles. The smallest absolute Gasteiger partial charge is 0.221 e. The quantitative estimate of drug-likeness (QED) is 0.872. The molecule has 0 saturated heterocycles. The molecule has 4 nitrogen and oxygen atoms in total. The summed E-state index contributed by atoms with van der Waals surface area (Å²) >= 11 is 11.9. The van der Waals surface area contributed by atoms with Gasteiger partial charge in [0, 0.05) is 22.8 Å². The molecule has 0 N–H and O–H groups in total. The zero-order chi connectivity index (χ0) is 13.1. The zero-order valence-corrected chi connectivity index (χ0v) is 12.0. The lowest BCUT2D eigenvalue weighted by Gasteiger charge is -2.06. The molecule has 0 spiro atoms. The molecular formula is C11H11Cl2N3OS. The van der Waals surface area contributed by atoms with E-state index in [1.54, 1.807) is 23.2 Å². The number of benzene rings is 1. The third-order valence-corrected chi connectivity index (χ3v) is 3.67. The minimum atomic E-state index is -1.14. The SMILES string of the molecule is CS(=O)c1nncn1CCc1cc(Cl)cc(Cl)c1. The van der Waals surface area contributed by atoms with Crippen LogP contribution in [0.3, 0.4) is 0 Å². The average Bonchev–Trinajstić information content (AvgIpc) is 2.73. The molecule has 1 heterocycles. The molecule has 0 aliphatic rings. The van der Waals surface area contributed by atoms with Gasteiger partial charge in [0.25, 0.3) is 0 Å². The fourth-order valence-corrected chi connectivity index (χ4v) is 2.83. The molecule has 18 heavy (non-hydrogen) atoms. The van der Waals surface area contributed by atoms with Crippen molar-refractivity contribution in [1.29, 1.82) is 0 Å². The number of aromatic nitrogens is 3. The van der Waals surface area contributed by atoms with Gasteiger partial charge in [-0.15, -0.1) is 10.2 Å². The highest BCUT2D eigenvalue weighted by Gasteiger charge is 2.08. The number of rotatable bonds is 4. The highest BCUT2D eigenvalue weighted by molar-refractivity contribution is 7.84. The number of nitrogens with zero attached hydrogens (tertiary/aromatic N) is 3. The Labute approximate surface area is 117 Å². The topological polar surface area (TPSA) is 47.8 Å². The Hall–Kier alpha value is -0.910. The van der Waals surface area contributed by atoms with E-state index in [-0.39, 0.29) is 0 Å². The first-order valence-corrected chi connectivity index (χ1v) is 7.54. The second-order valence-electron chi connectivity index (χ2n) is 3.79. The standard InChI is InChI=1S/C11H11Cl2N3OS/c1-18(17)11-15-14-7-16(11)3-2-8-4-9(12)6-10(13)5-8/h4-7H,2-3H2,1H3. The molecule has 0 aliphatic carbocycles. The number of aryl methyl sites for hydroxylation is 2. The Balaban J connectivity index is 2.11. The van der Waals surface area contributed by atoms with Gasteiger partial charge in [-0.3, -0.25) is 4.21 Å². The molecule has 1 atom stereocenters. The lowest BCUT2D eigenvalue weighted by Crippen LogP contribution is -2.06. The second-order valence-corrected chi connectivity index (χ2v) is 5.93. The van der Waals surface area contributed by atoms with Gasteiger partial charge in [0.1, 0.15) is 6.33 Å². The van der Waals surface area contributed by atoms with Crippen LogP contribution in [0.25, 0.3) is 0 Å². The maximum Gasteiger partial charge on any atom is 0.221 e. The Morgan fingerprint density at radius 2 is 1.94 bits per heavy atom. The maximum absolute atomic E-state index is 11.4. The van der Waals surface area contributed by atoms with Crippen LogP contribution in [0.15, 0.2) is 29.7 Å². The molecule has 0 fully saturated rings. The zero-order valence-electron chi connectivity index (χ0n) is 9.64. The van der Waals surface area contributed by atoms with E-state index in [0.717, 1.165) is 12.0 Å². The fraction of sp³-hybridized carbons (Fsp3) is 0.273. The Morgan fingerprint density at radius 1 is 1.28 bits per heavy atom. The van der Waals surface area contributed by atoms with Crippen molar-refractivity contribution in [3.05, 3.63) is 40.1 Å². The van der Waals surface area contributed by atoms with E-state index in [1.165, 1.54) is 0 Å². The number of hydrogen-bond donors (Lipinski definition) is 0. The monoisotopic (exact) mass is 303 g/mol. The second kappa shape index (κ2) is 5.82. The molecule has 1 aromatic heterocycles. The van der Waals surface area contributed by atoms with Crippen LogP contribution in [0.1, 0.15) is 5.56 Å². The molecular weight excluding hydrogens is 293 g/mol. The molecule has 0 aliphatic heterocycles. The van der Waals surface area contributed by atoms with E-state index < -0.39 is 10.8 Å².